The van der Waals surface area contributed by atoms with Crippen molar-refractivity contribution >= 4 is 38.9 Å². The summed E-state index contributed by atoms with van der Waals surface area (Å²) in [4.78, 5) is 1.26. The molecular formula is C16H19BrClNS. The van der Waals surface area contributed by atoms with Crippen LogP contribution in [0.4, 0.5) is 0 Å². The van der Waals surface area contributed by atoms with E-state index in [1.807, 2.05) is 0 Å². The number of benzene rings is 1. The summed E-state index contributed by atoms with van der Waals surface area (Å²) in [6.07, 6.45) is 1.13. The number of hydrogen-bond acceptors (Lipinski definition) is 2. The van der Waals surface area contributed by atoms with Gasteiger partial charge in [0.15, 0.2) is 0 Å². The molecule has 0 saturated carbocycles. The minimum atomic E-state index is 0.385. The molecule has 0 bridgehead atoms. The van der Waals surface area contributed by atoms with Crippen LogP contribution in [-0.4, -0.2) is 0 Å². The Hall–Kier alpha value is -0.350. The van der Waals surface area contributed by atoms with Gasteiger partial charge in [0.2, 0.25) is 0 Å². The highest BCUT2D eigenvalue weighted by atomic mass is 79.9. The SMILES string of the molecule is CC(C)CC(NCc1cc(Br)c(Cl)s1)c1ccccc1. The van der Waals surface area contributed by atoms with E-state index in [4.69, 9.17) is 11.6 Å². The molecule has 1 nitrogen and oxygen atoms in total. The Kier molecular flexibility index (Phi) is 6.09. The van der Waals surface area contributed by atoms with Crippen molar-refractivity contribution in [3.8, 4) is 0 Å². The summed E-state index contributed by atoms with van der Waals surface area (Å²) in [6.45, 7) is 5.37. The van der Waals surface area contributed by atoms with E-state index in [0.29, 0.717) is 12.0 Å². The van der Waals surface area contributed by atoms with Gasteiger partial charge in [-0.2, -0.15) is 0 Å². The highest BCUT2D eigenvalue weighted by molar-refractivity contribution is 9.10. The lowest BCUT2D eigenvalue weighted by Crippen LogP contribution is -2.22. The van der Waals surface area contributed by atoms with Gasteiger partial charge in [-0.1, -0.05) is 55.8 Å². The molecule has 1 N–H and O–H groups in total. The maximum absolute atomic E-state index is 6.09. The maximum Gasteiger partial charge on any atom is 0.107 e. The molecule has 1 unspecified atom stereocenters. The maximum atomic E-state index is 6.09. The number of nitrogens with one attached hydrogen (secondary N) is 1. The Morgan fingerprint density at radius 2 is 1.95 bits per heavy atom. The first kappa shape index (κ1) is 16.0. The lowest BCUT2D eigenvalue weighted by molar-refractivity contribution is 0.430. The Bertz CT molecular complexity index is 519. The number of halogens is 2. The lowest BCUT2D eigenvalue weighted by atomic mass is 9.97. The van der Waals surface area contributed by atoms with Crippen molar-refractivity contribution in [2.24, 2.45) is 5.92 Å². The van der Waals surface area contributed by atoms with Crippen LogP contribution in [0.2, 0.25) is 4.34 Å². The molecule has 4 heteroatoms. The predicted octanol–water partition coefficient (Wildman–Crippen LogP) is 6.04. The normalized spacial score (nSPS) is 12.8. The molecule has 0 aliphatic heterocycles. The van der Waals surface area contributed by atoms with E-state index in [1.165, 1.54) is 10.4 Å². The van der Waals surface area contributed by atoms with E-state index < -0.39 is 0 Å². The van der Waals surface area contributed by atoms with Crippen molar-refractivity contribution in [3.63, 3.8) is 0 Å². The minimum Gasteiger partial charge on any atom is -0.305 e. The van der Waals surface area contributed by atoms with Gasteiger partial charge in [-0.25, -0.2) is 0 Å². The van der Waals surface area contributed by atoms with Crippen molar-refractivity contribution in [2.75, 3.05) is 0 Å². The molecule has 0 fully saturated rings. The van der Waals surface area contributed by atoms with Crippen molar-refractivity contribution in [2.45, 2.75) is 32.9 Å². The van der Waals surface area contributed by atoms with Crippen LogP contribution in [0, 0.1) is 5.92 Å². The minimum absolute atomic E-state index is 0.385. The zero-order chi connectivity index (χ0) is 14.5. The first-order valence-electron chi connectivity index (χ1n) is 6.78. The van der Waals surface area contributed by atoms with Crippen molar-refractivity contribution in [1.29, 1.82) is 0 Å². The monoisotopic (exact) mass is 371 g/mol. The molecule has 1 aromatic carbocycles. The van der Waals surface area contributed by atoms with Crippen molar-refractivity contribution in [3.05, 3.63) is 55.6 Å². The molecule has 1 atom stereocenters. The topological polar surface area (TPSA) is 12.0 Å². The van der Waals surface area contributed by atoms with Gasteiger partial charge in [-0.3, -0.25) is 0 Å². The summed E-state index contributed by atoms with van der Waals surface area (Å²) >= 11 is 11.2. The van der Waals surface area contributed by atoms with Crippen LogP contribution in [-0.2, 0) is 6.54 Å². The molecule has 1 aromatic heterocycles. The Morgan fingerprint density at radius 3 is 2.50 bits per heavy atom. The molecule has 0 spiro atoms. The van der Waals surface area contributed by atoms with Gasteiger partial charge in [0.25, 0.3) is 0 Å². The molecule has 0 aliphatic carbocycles. The van der Waals surface area contributed by atoms with Crippen LogP contribution in [0.15, 0.2) is 40.9 Å². The Morgan fingerprint density at radius 1 is 1.25 bits per heavy atom. The average molecular weight is 373 g/mol. The van der Waals surface area contributed by atoms with E-state index in [0.717, 1.165) is 21.8 Å². The number of hydrogen-bond donors (Lipinski definition) is 1. The highest BCUT2D eigenvalue weighted by Crippen LogP contribution is 2.32. The lowest BCUT2D eigenvalue weighted by Gasteiger charge is -2.21. The standard InChI is InChI=1S/C16H19BrClNS/c1-11(2)8-15(12-6-4-3-5-7-12)19-10-13-9-14(17)16(18)20-13/h3-7,9,11,15,19H,8,10H2,1-2H3. The van der Waals surface area contributed by atoms with Gasteiger partial charge in [0, 0.05) is 21.9 Å². The average Bonchev–Trinajstić information content (AvgIpc) is 2.74. The third-order valence-electron chi connectivity index (χ3n) is 3.13. The summed E-state index contributed by atoms with van der Waals surface area (Å²) in [5.41, 5.74) is 1.35. The number of rotatable bonds is 6. The van der Waals surface area contributed by atoms with E-state index in [1.54, 1.807) is 11.3 Å². The van der Waals surface area contributed by atoms with Crippen LogP contribution in [0.1, 0.15) is 36.8 Å². The van der Waals surface area contributed by atoms with Crippen LogP contribution < -0.4 is 5.32 Å². The fourth-order valence-corrected chi connectivity index (χ4v) is 3.94. The summed E-state index contributed by atoms with van der Waals surface area (Å²) in [5, 5.41) is 3.66. The Balaban J connectivity index is 2.04. The van der Waals surface area contributed by atoms with Crippen molar-refractivity contribution < 1.29 is 0 Å². The second kappa shape index (κ2) is 7.60. The molecule has 1 heterocycles. The van der Waals surface area contributed by atoms with E-state index in [2.05, 4.69) is 71.5 Å². The van der Waals surface area contributed by atoms with Gasteiger partial charge in [-0.15, -0.1) is 11.3 Å². The van der Waals surface area contributed by atoms with E-state index in [9.17, 15) is 0 Å². The summed E-state index contributed by atoms with van der Waals surface area (Å²) in [7, 11) is 0. The van der Waals surface area contributed by atoms with E-state index >= 15 is 0 Å². The molecule has 108 valence electrons. The molecule has 2 aromatic rings. The number of thiophene rings is 1. The predicted molar refractivity (Wildman–Crippen MR) is 92.5 cm³/mol. The molecule has 2 rings (SSSR count). The van der Waals surface area contributed by atoms with Gasteiger partial charge in [0.1, 0.15) is 4.34 Å². The molecule has 0 saturated heterocycles. The second-order valence-corrected chi connectivity index (χ2v) is 7.90. The first-order valence-corrected chi connectivity index (χ1v) is 8.77. The second-order valence-electron chi connectivity index (χ2n) is 5.31. The molecule has 0 amide bonds. The van der Waals surface area contributed by atoms with Gasteiger partial charge < -0.3 is 5.32 Å². The third-order valence-corrected chi connectivity index (χ3v) is 5.60. The van der Waals surface area contributed by atoms with Crippen molar-refractivity contribution in [1.82, 2.24) is 5.32 Å². The zero-order valence-electron chi connectivity index (χ0n) is 11.7. The quantitative estimate of drug-likeness (QED) is 0.651. The van der Waals surface area contributed by atoms with Gasteiger partial charge in [-0.05, 0) is 39.9 Å². The van der Waals surface area contributed by atoms with Crippen LogP contribution >= 0.6 is 38.9 Å². The Labute approximate surface area is 138 Å². The largest absolute Gasteiger partial charge is 0.305 e. The summed E-state index contributed by atoms with van der Waals surface area (Å²) < 4.78 is 1.81. The molecule has 0 aliphatic rings. The summed E-state index contributed by atoms with van der Waals surface area (Å²) in [6, 6.07) is 13.1. The fraction of sp³-hybridized carbons (Fsp3) is 0.375. The summed E-state index contributed by atoms with van der Waals surface area (Å²) in [5.74, 6) is 0.659. The third kappa shape index (κ3) is 4.59. The van der Waals surface area contributed by atoms with Crippen LogP contribution in [0.25, 0.3) is 0 Å². The van der Waals surface area contributed by atoms with Gasteiger partial charge in [0.05, 0.1) is 0 Å². The molecular weight excluding hydrogens is 354 g/mol. The smallest absolute Gasteiger partial charge is 0.107 e. The fourth-order valence-electron chi connectivity index (χ4n) is 2.20. The molecule has 0 radical (unpaired) electrons. The highest BCUT2D eigenvalue weighted by Gasteiger charge is 2.13. The van der Waals surface area contributed by atoms with Crippen LogP contribution in [0.5, 0.6) is 0 Å². The zero-order valence-corrected chi connectivity index (χ0v) is 14.9. The first-order chi connectivity index (χ1) is 9.56. The van der Waals surface area contributed by atoms with Gasteiger partial charge >= 0.3 is 0 Å². The van der Waals surface area contributed by atoms with E-state index in [-0.39, 0.29) is 0 Å². The van der Waals surface area contributed by atoms with Crippen LogP contribution in [0.3, 0.4) is 0 Å². The molecule has 20 heavy (non-hydrogen) atoms.